The number of nitrogens with one attached hydrogen (secondary N) is 1. The minimum Gasteiger partial charge on any atom is -0.508 e. The first kappa shape index (κ1) is 27.3. The van der Waals surface area contributed by atoms with Gasteiger partial charge in [0.1, 0.15) is 17.4 Å². The number of carbonyl (C=O) groups is 1. The lowest BCUT2D eigenvalue weighted by atomic mass is 9.83. The molecule has 3 fully saturated rings. The average Bonchev–Trinajstić information content (AvgIpc) is 2.96. The van der Waals surface area contributed by atoms with Gasteiger partial charge in [0.25, 0.3) is 5.91 Å². The molecule has 40 heavy (non-hydrogen) atoms. The van der Waals surface area contributed by atoms with Gasteiger partial charge in [-0.25, -0.2) is 0 Å². The molecule has 2 bridgehead atoms. The Morgan fingerprint density at radius 2 is 1.40 bits per heavy atom. The van der Waals surface area contributed by atoms with Crippen LogP contribution in [0.3, 0.4) is 0 Å². The Kier molecular flexibility index (Phi) is 7.29. The Bertz CT molecular complexity index is 1480. The Hall–Kier alpha value is -4.31. The van der Waals surface area contributed by atoms with E-state index in [2.05, 4.69) is 29.0 Å². The smallest absolute Gasteiger partial charge is 0.307 e. The number of amides is 1. The molecule has 8 nitrogen and oxygen atoms in total. The molecule has 0 aromatic heterocycles. The molecule has 1 unspecified atom stereocenters. The average molecular weight is 539 g/mol. The van der Waals surface area contributed by atoms with Gasteiger partial charge in [-0.15, -0.1) is 0 Å². The third-order valence-corrected chi connectivity index (χ3v) is 7.04. The lowest BCUT2D eigenvalue weighted by molar-refractivity contribution is -0.482. The van der Waals surface area contributed by atoms with Crippen LogP contribution >= 0.6 is 0 Å². The van der Waals surface area contributed by atoms with Crippen molar-refractivity contribution in [1.82, 2.24) is 5.32 Å². The third-order valence-electron chi connectivity index (χ3n) is 7.04. The van der Waals surface area contributed by atoms with Crippen molar-refractivity contribution in [1.29, 1.82) is 0 Å². The van der Waals surface area contributed by atoms with Gasteiger partial charge < -0.3 is 35.5 Å². The highest BCUT2D eigenvalue weighted by Crippen LogP contribution is 2.44. The number of hydrogen-bond acceptors (Lipinski definition) is 7. The Morgan fingerprint density at radius 3 is 1.93 bits per heavy atom. The summed E-state index contributed by atoms with van der Waals surface area (Å²) in [6.45, 7) is 4.57. The van der Waals surface area contributed by atoms with E-state index in [9.17, 15) is 15.0 Å². The largest absolute Gasteiger partial charge is 0.508 e. The van der Waals surface area contributed by atoms with Crippen molar-refractivity contribution >= 4 is 11.6 Å². The van der Waals surface area contributed by atoms with Crippen molar-refractivity contribution in [2.24, 2.45) is 5.41 Å². The molecule has 3 heterocycles. The van der Waals surface area contributed by atoms with Crippen molar-refractivity contribution in [2.75, 3.05) is 25.6 Å². The monoisotopic (exact) mass is 538 g/mol. The fourth-order valence-corrected chi connectivity index (χ4v) is 4.56. The van der Waals surface area contributed by atoms with Crippen LogP contribution in [0.15, 0.2) is 72.8 Å². The quantitative estimate of drug-likeness (QED) is 0.291. The number of fused-ring (bicyclic) bond motifs is 3. The molecule has 3 saturated heterocycles. The third kappa shape index (κ3) is 5.67. The van der Waals surface area contributed by atoms with Crippen LogP contribution in [0.4, 0.5) is 5.69 Å². The van der Waals surface area contributed by atoms with Crippen LogP contribution in [0.2, 0.25) is 0 Å². The minimum absolute atomic E-state index is 0.0487. The molecule has 0 radical (unpaired) electrons. The molecule has 8 heteroatoms. The zero-order valence-electron chi connectivity index (χ0n) is 22.2. The van der Waals surface area contributed by atoms with E-state index in [-0.39, 0.29) is 11.2 Å². The molecule has 5 N–H and O–H groups in total. The van der Waals surface area contributed by atoms with E-state index < -0.39 is 23.5 Å². The first-order valence-corrected chi connectivity index (χ1v) is 12.8. The number of ether oxygens (including phenoxy) is 3. The fourth-order valence-electron chi connectivity index (χ4n) is 4.56. The molecule has 3 aromatic carbocycles. The standard InChI is InChI=1S/C32H30N2O6/c1-30-19-38-32(39-20-30,40-21-30)29(31(2,37)25-13-17-27(35)18-14-25)34-28(36)24-11-7-22(8-12-24)5-3-4-6-23-9-15-26(33)16-10-23/h7-18,29,35,37H,19-21,33H2,1-2H3,(H,34,36)/t29-,30?,31?,32?/m0/s1. The number of phenols is 1. The maximum Gasteiger partial charge on any atom is 0.307 e. The van der Waals surface area contributed by atoms with Gasteiger partial charge in [0.2, 0.25) is 0 Å². The number of anilines is 1. The van der Waals surface area contributed by atoms with E-state index in [1.54, 1.807) is 55.5 Å². The predicted molar refractivity (Wildman–Crippen MR) is 149 cm³/mol. The number of rotatable bonds is 5. The first-order chi connectivity index (χ1) is 19.1. The molecule has 204 valence electrons. The van der Waals surface area contributed by atoms with Crippen molar-refractivity contribution in [3.63, 3.8) is 0 Å². The number of hydrogen-bond donors (Lipinski definition) is 4. The molecular formula is C32H30N2O6. The van der Waals surface area contributed by atoms with Gasteiger partial charge >= 0.3 is 5.97 Å². The minimum atomic E-state index is -1.69. The van der Waals surface area contributed by atoms with Crippen LogP contribution in [-0.4, -0.2) is 48.0 Å². The summed E-state index contributed by atoms with van der Waals surface area (Å²) in [7, 11) is 0. The van der Waals surface area contributed by atoms with E-state index in [1.807, 2.05) is 19.1 Å². The van der Waals surface area contributed by atoms with Crippen LogP contribution in [0, 0.1) is 29.1 Å². The lowest BCUT2D eigenvalue weighted by Crippen LogP contribution is -2.72. The van der Waals surface area contributed by atoms with E-state index in [0.29, 0.717) is 42.2 Å². The van der Waals surface area contributed by atoms with Gasteiger partial charge in [0.05, 0.1) is 19.8 Å². The maximum absolute atomic E-state index is 13.4. The summed E-state index contributed by atoms with van der Waals surface area (Å²) < 4.78 is 18.0. The highest BCUT2D eigenvalue weighted by molar-refractivity contribution is 5.94. The van der Waals surface area contributed by atoms with Crippen LogP contribution in [0.1, 0.15) is 40.9 Å². The maximum atomic E-state index is 13.4. The Morgan fingerprint density at radius 1 is 0.900 bits per heavy atom. The molecule has 3 aliphatic heterocycles. The zero-order chi connectivity index (χ0) is 28.4. The lowest BCUT2D eigenvalue weighted by Gasteiger charge is -2.55. The van der Waals surface area contributed by atoms with Crippen LogP contribution in [0.25, 0.3) is 0 Å². The molecule has 1 amide bonds. The molecular weight excluding hydrogens is 508 g/mol. The number of carbonyl (C=O) groups excluding carboxylic acids is 1. The number of benzene rings is 3. The second kappa shape index (κ2) is 10.7. The SMILES string of the molecule is CC12COC([C@@H](NC(=O)c3ccc(C#CC#Cc4ccc(N)cc4)cc3)C(C)(O)c3ccc(O)cc3)(OC1)OC2. The van der Waals surface area contributed by atoms with Crippen molar-refractivity contribution < 1.29 is 29.2 Å². The van der Waals surface area contributed by atoms with Crippen molar-refractivity contribution in [3.8, 4) is 29.4 Å². The molecule has 2 atom stereocenters. The summed E-state index contributed by atoms with van der Waals surface area (Å²) in [6.07, 6.45) is 0. The summed E-state index contributed by atoms with van der Waals surface area (Å²) in [5, 5.41) is 24.4. The normalized spacial score (nSPS) is 23.5. The Labute approximate surface area is 233 Å². The van der Waals surface area contributed by atoms with E-state index in [4.69, 9.17) is 19.9 Å². The van der Waals surface area contributed by atoms with Gasteiger partial charge in [-0.2, -0.15) is 0 Å². The molecule has 0 saturated carbocycles. The van der Waals surface area contributed by atoms with E-state index in [0.717, 1.165) is 5.56 Å². The van der Waals surface area contributed by atoms with Gasteiger partial charge in [0, 0.05) is 27.8 Å². The van der Waals surface area contributed by atoms with Gasteiger partial charge in [-0.05, 0) is 85.0 Å². The van der Waals surface area contributed by atoms with Crippen LogP contribution in [0.5, 0.6) is 5.75 Å². The van der Waals surface area contributed by atoms with Crippen LogP contribution in [-0.2, 0) is 19.8 Å². The van der Waals surface area contributed by atoms with Crippen molar-refractivity contribution in [3.05, 3.63) is 95.1 Å². The summed E-state index contributed by atoms with van der Waals surface area (Å²) in [5.74, 6) is 9.42. The first-order valence-electron chi connectivity index (χ1n) is 12.8. The number of phenolic OH excluding ortho intramolecular Hbond substituents is 1. The summed E-state index contributed by atoms with van der Waals surface area (Å²) in [6, 6.07) is 18.8. The topological polar surface area (TPSA) is 123 Å². The number of nitrogens with two attached hydrogens (primary N) is 1. The molecule has 3 aromatic rings. The number of aliphatic hydroxyl groups is 1. The second-order valence-electron chi connectivity index (χ2n) is 10.6. The van der Waals surface area contributed by atoms with Crippen molar-refractivity contribution in [2.45, 2.75) is 31.5 Å². The summed E-state index contributed by atoms with van der Waals surface area (Å²) in [5.41, 5.74) is 6.63. The molecule has 3 aliphatic rings. The fraction of sp³-hybridized carbons (Fsp3) is 0.281. The second-order valence-corrected chi connectivity index (χ2v) is 10.6. The molecule has 0 spiro atoms. The van der Waals surface area contributed by atoms with Gasteiger partial charge in [0.15, 0.2) is 0 Å². The molecule has 6 rings (SSSR count). The molecule has 0 aliphatic carbocycles. The highest BCUT2D eigenvalue weighted by Gasteiger charge is 2.60. The van der Waals surface area contributed by atoms with Crippen LogP contribution < -0.4 is 11.1 Å². The highest BCUT2D eigenvalue weighted by atomic mass is 16.9. The number of nitrogen functional groups attached to an aromatic ring is 1. The van der Waals surface area contributed by atoms with E-state index in [1.165, 1.54) is 12.1 Å². The van der Waals surface area contributed by atoms with Gasteiger partial charge in [-0.1, -0.05) is 30.9 Å². The van der Waals surface area contributed by atoms with Gasteiger partial charge in [-0.3, -0.25) is 4.79 Å². The van der Waals surface area contributed by atoms with E-state index >= 15 is 0 Å². The number of aromatic hydroxyl groups is 1. The zero-order valence-corrected chi connectivity index (χ0v) is 22.2. The summed E-state index contributed by atoms with van der Waals surface area (Å²) in [4.78, 5) is 13.4. The predicted octanol–water partition coefficient (Wildman–Crippen LogP) is 3.12. The Balaban J connectivity index is 1.35. The summed E-state index contributed by atoms with van der Waals surface area (Å²) >= 11 is 0.